The minimum atomic E-state index is -0.383. The molecule has 0 bridgehead atoms. The van der Waals surface area contributed by atoms with Crippen LogP contribution in [-0.4, -0.2) is 32.1 Å². The van der Waals surface area contributed by atoms with Crippen molar-refractivity contribution in [2.24, 2.45) is 0 Å². The molecule has 0 unspecified atom stereocenters. The molecule has 3 aromatic carbocycles. The Balaban J connectivity index is 1.42. The molecule has 0 spiro atoms. The van der Waals surface area contributed by atoms with E-state index in [1.54, 1.807) is 12.1 Å². The summed E-state index contributed by atoms with van der Waals surface area (Å²) >= 11 is 0. The molecule has 34 heavy (non-hydrogen) atoms. The van der Waals surface area contributed by atoms with Crippen molar-refractivity contribution in [1.82, 2.24) is 5.32 Å². The summed E-state index contributed by atoms with van der Waals surface area (Å²) in [4.78, 5) is 24.1. The number of amides is 1. The van der Waals surface area contributed by atoms with Gasteiger partial charge in [0, 0.05) is 18.5 Å². The molecule has 178 valence electrons. The largest absolute Gasteiger partial charge is 0.494 e. The van der Waals surface area contributed by atoms with Gasteiger partial charge in [0.1, 0.15) is 18.1 Å². The number of ether oxygens (including phenoxy) is 3. The van der Waals surface area contributed by atoms with Crippen LogP contribution in [0.15, 0.2) is 72.8 Å². The Morgan fingerprint density at radius 3 is 2.26 bits per heavy atom. The van der Waals surface area contributed by atoms with Crippen LogP contribution in [0.25, 0.3) is 0 Å². The minimum Gasteiger partial charge on any atom is -0.494 e. The zero-order chi connectivity index (χ0) is 24.2. The number of carbonyl (C=O) groups excluding carboxylic acids is 2. The van der Waals surface area contributed by atoms with Gasteiger partial charge in [-0.3, -0.25) is 4.79 Å². The fraction of sp³-hybridized carbons (Fsp3) is 0.286. The monoisotopic (exact) mass is 461 g/mol. The highest BCUT2D eigenvalue weighted by Crippen LogP contribution is 2.19. The molecule has 0 saturated carbocycles. The highest BCUT2D eigenvalue weighted by molar-refractivity contribution is 5.90. The quantitative estimate of drug-likeness (QED) is 0.394. The van der Waals surface area contributed by atoms with Crippen molar-refractivity contribution in [1.29, 1.82) is 0 Å². The average Bonchev–Trinajstić information content (AvgIpc) is 2.87. The van der Waals surface area contributed by atoms with Crippen LogP contribution in [-0.2, 0) is 29.0 Å². The zero-order valence-electron chi connectivity index (χ0n) is 19.7. The summed E-state index contributed by atoms with van der Waals surface area (Å²) in [7, 11) is 1.36. The third-order valence-corrected chi connectivity index (χ3v) is 5.37. The Labute approximate surface area is 200 Å². The Hall–Kier alpha value is -3.80. The number of para-hydroxylation sites is 1. The summed E-state index contributed by atoms with van der Waals surface area (Å²) in [6, 6.07) is 22.8. The number of carbonyl (C=O) groups is 2. The molecule has 0 aliphatic heterocycles. The smallest absolute Gasteiger partial charge is 0.338 e. The van der Waals surface area contributed by atoms with E-state index in [0.29, 0.717) is 37.3 Å². The first-order valence-electron chi connectivity index (χ1n) is 11.5. The second-order valence-corrected chi connectivity index (χ2v) is 7.72. The fourth-order valence-electron chi connectivity index (χ4n) is 3.56. The van der Waals surface area contributed by atoms with Crippen LogP contribution in [0, 0.1) is 0 Å². The molecule has 6 nitrogen and oxygen atoms in total. The van der Waals surface area contributed by atoms with Crippen molar-refractivity contribution in [3.05, 3.63) is 95.1 Å². The highest BCUT2D eigenvalue weighted by atomic mass is 16.5. The Kier molecular flexibility index (Phi) is 9.52. The molecular weight excluding hydrogens is 430 g/mol. The van der Waals surface area contributed by atoms with Crippen LogP contribution < -0.4 is 14.8 Å². The molecule has 0 aliphatic rings. The van der Waals surface area contributed by atoms with E-state index < -0.39 is 0 Å². The number of hydrogen-bond acceptors (Lipinski definition) is 5. The molecule has 0 heterocycles. The maximum absolute atomic E-state index is 12.3. The maximum Gasteiger partial charge on any atom is 0.338 e. The minimum absolute atomic E-state index is 0.0219. The fourth-order valence-corrected chi connectivity index (χ4v) is 3.56. The van der Waals surface area contributed by atoms with Gasteiger partial charge < -0.3 is 19.5 Å². The van der Waals surface area contributed by atoms with Crippen molar-refractivity contribution in [3.8, 4) is 11.5 Å². The van der Waals surface area contributed by atoms with Gasteiger partial charge in [0.15, 0.2) is 0 Å². The molecule has 1 N–H and O–H groups in total. The molecule has 0 aromatic heterocycles. The summed E-state index contributed by atoms with van der Waals surface area (Å²) in [6.45, 7) is 3.41. The summed E-state index contributed by atoms with van der Waals surface area (Å²) in [5.41, 5.74) is 3.40. The number of aryl methyl sites for hydroxylation is 1. The Morgan fingerprint density at radius 1 is 0.824 bits per heavy atom. The summed E-state index contributed by atoms with van der Waals surface area (Å²) < 4.78 is 16.3. The van der Waals surface area contributed by atoms with Gasteiger partial charge in [0.05, 0.1) is 19.3 Å². The van der Waals surface area contributed by atoms with E-state index in [1.807, 2.05) is 67.6 Å². The average molecular weight is 462 g/mol. The van der Waals surface area contributed by atoms with E-state index in [-0.39, 0.29) is 18.5 Å². The van der Waals surface area contributed by atoms with E-state index in [4.69, 9.17) is 14.2 Å². The molecule has 6 heteroatoms. The molecule has 0 radical (unpaired) electrons. The lowest BCUT2D eigenvalue weighted by molar-refractivity contribution is -0.121. The van der Waals surface area contributed by atoms with E-state index in [1.165, 1.54) is 7.11 Å². The van der Waals surface area contributed by atoms with Crippen LogP contribution in [0.1, 0.15) is 40.4 Å². The Morgan fingerprint density at radius 2 is 1.53 bits per heavy atom. The molecule has 0 fully saturated rings. The Bertz CT molecular complexity index is 1080. The highest BCUT2D eigenvalue weighted by Gasteiger charge is 2.11. The van der Waals surface area contributed by atoms with Crippen molar-refractivity contribution in [2.45, 2.75) is 32.8 Å². The third kappa shape index (κ3) is 7.37. The van der Waals surface area contributed by atoms with E-state index in [0.717, 1.165) is 28.9 Å². The molecule has 0 aliphatic carbocycles. The van der Waals surface area contributed by atoms with Crippen LogP contribution in [0.5, 0.6) is 11.5 Å². The topological polar surface area (TPSA) is 73.9 Å². The van der Waals surface area contributed by atoms with E-state index >= 15 is 0 Å². The molecule has 0 saturated heterocycles. The van der Waals surface area contributed by atoms with Crippen molar-refractivity contribution in [2.75, 3.05) is 20.3 Å². The first kappa shape index (κ1) is 24.8. The van der Waals surface area contributed by atoms with Crippen LogP contribution in [0.2, 0.25) is 0 Å². The van der Waals surface area contributed by atoms with Crippen molar-refractivity contribution < 1.29 is 23.8 Å². The summed E-state index contributed by atoms with van der Waals surface area (Å²) in [5, 5.41) is 2.98. The van der Waals surface area contributed by atoms with Gasteiger partial charge in [0.2, 0.25) is 5.91 Å². The van der Waals surface area contributed by atoms with Crippen molar-refractivity contribution >= 4 is 11.9 Å². The van der Waals surface area contributed by atoms with Crippen LogP contribution in [0.4, 0.5) is 0 Å². The number of hydrogen-bond donors (Lipinski definition) is 1. The second kappa shape index (κ2) is 13.0. The number of rotatable bonds is 12. The van der Waals surface area contributed by atoms with Gasteiger partial charge in [-0.1, -0.05) is 48.5 Å². The first-order valence-corrected chi connectivity index (χ1v) is 11.5. The molecule has 3 rings (SSSR count). The van der Waals surface area contributed by atoms with Gasteiger partial charge in [-0.2, -0.15) is 0 Å². The number of methoxy groups -OCH3 is 1. The standard InChI is InChI=1S/C28H31NO5/c1-3-33-26-11-7-5-8-22(26)18-19-29-27(30)17-14-21-12-15-24(16-13-21)34-20-23-9-4-6-10-25(23)28(31)32-2/h4-13,15-16H,3,14,17-20H2,1-2H3,(H,29,30). The summed E-state index contributed by atoms with van der Waals surface area (Å²) in [5.74, 6) is 1.20. The van der Waals surface area contributed by atoms with Crippen molar-refractivity contribution in [3.63, 3.8) is 0 Å². The molecule has 1 amide bonds. The number of nitrogens with one attached hydrogen (secondary N) is 1. The summed E-state index contributed by atoms with van der Waals surface area (Å²) in [6.07, 6.45) is 1.79. The molecule has 0 atom stereocenters. The van der Waals surface area contributed by atoms with Gasteiger partial charge in [0.25, 0.3) is 0 Å². The lowest BCUT2D eigenvalue weighted by atomic mass is 10.1. The number of esters is 1. The SMILES string of the molecule is CCOc1ccccc1CCNC(=O)CCc1ccc(OCc2ccccc2C(=O)OC)cc1. The van der Waals surface area contributed by atoms with Gasteiger partial charge in [-0.25, -0.2) is 4.79 Å². The second-order valence-electron chi connectivity index (χ2n) is 7.72. The maximum atomic E-state index is 12.3. The number of benzene rings is 3. The lowest BCUT2D eigenvalue weighted by Gasteiger charge is -2.11. The van der Waals surface area contributed by atoms with Crippen LogP contribution >= 0.6 is 0 Å². The normalized spacial score (nSPS) is 10.4. The van der Waals surface area contributed by atoms with Gasteiger partial charge in [-0.15, -0.1) is 0 Å². The third-order valence-electron chi connectivity index (χ3n) is 5.37. The zero-order valence-corrected chi connectivity index (χ0v) is 19.7. The predicted molar refractivity (Wildman–Crippen MR) is 131 cm³/mol. The lowest BCUT2D eigenvalue weighted by Crippen LogP contribution is -2.26. The molecular formula is C28H31NO5. The van der Waals surface area contributed by atoms with Gasteiger partial charge in [-0.05, 0) is 55.2 Å². The first-order chi connectivity index (χ1) is 16.6. The van der Waals surface area contributed by atoms with E-state index in [9.17, 15) is 9.59 Å². The van der Waals surface area contributed by atoms with Gasteiger partial charge >= 0.3 is 5.97 Å². The van der Waals surface area contributed by atoms with E-state index in [2.05, 4.69) is 5.32 Å². The van der Waals surface area contributed by atoms with Crippen LogP contribution in [0.3, 0.4) is 0 Å². The predicted octanol–water partition coefficient (Wildman–Crippen LogP) is 4.74. The molecule has 3 aromatic rings.